The molecular formula is C13H18ClN3O4. The predicted octanol–water partition coefficient (Wildman–Crippen LogP) is 1.22. The van der Waals surface area contributed by atoms with Crippen molar-refractivity contribution in [3.8, 4) is 5.75 Å². The van der Waals surface area contributed by atoms with Crippen LogP contribution in [0, 0.1) is 10.1 Å². The highest BCUT2D eigenvalue weighted by Gasteiger charge is 2.23. The van der Waals surface area contributed by atoms with E-state index in [-0.39, 0.29) is 36.7 Å². The number of piperazine rings is 1. The van der Waals surface area contributed by atoms with Gasteiger partial charge < -0.3 is 15.0 Å². The van der Waals surface area contributed by atoms with Crippen LogP contribution in [-0.2, 0) is 4.79 Å². The lowest BCUT2D eigenvalue weighted by Crippen LogP contribution is -2.53. The first kappa shape index (κ1) is 17.2. The summed E-state index contributed by atoms with van der Waals surface area (Å²) >= 11 is 0. The monoisotopic (exact) mass is 315 g/mol. The van der Waals surface area contributed by atoms with Gasteiger partial charge in [0.25, 0.3) is 11.6 Å². The number of non-ortho nitro benzene ring substituents is 1. The van der Waals surface area contributed by atoms with Gasteiger partial charge in [-0.25, -0.2) is 0 Å². The molecule has 1 saturated heterocycles. The standard InChI is InChI=1S/C13H17N3O4.ClH/c1-10-8-14-6-7-15(10)13(17)9-20-12-4-2-11(3-5-12)16(18)19;/h2-5,10,14H,6-9H2,1H3;1H/t10-;/m0./s1. The summed E-state index contributed by atoms with van der Waals surface area (Å²) in [7, 11) is 0. The predicted molar refractivity (Wildman–Crippen MR) is 79.9 cm³/mol. The van der Waals surface area contributed by atoms with Gasteiger partial charge in [-0.3, -0.25) is 14.9 Å². The highest BCUT2D eigenvalue weighted by Crippen LogP contribution is 2.17. The molecule has 1 N–H and O–H groups in total. The molecule has 116 valence electrons. The third-order valence-electron chi connectivity index (χ3n) is 3.23. The Morgan fingerprint density at radius 1 is 1.48 bits per heavy atom. The fraction of sp³-hybridized carbons (Fsp3) is 0.462. The number of carbonyl (C=O) groups is 1. The fourth-order valence-corrected chi connectivity index (χ4v) is 2.10. The van der Waals surface area contributed by atoms with Crippen molar-refractivity contribution >= 4 is 24.0 Å². The zero-order valence-corrected chi connectivity index (χ0v) is 12.5. The van der Waals surface area contributed by atoms with E-state index in [1.165, 1.54) is 24.3 Å². The number of nitrogens with one attached hydrogen (secondary N) is 1. The number of nitrogens with zero attached hydrogens (tertiary/aromatic N) is 2. The molecule has 0 bridgehead atoms. The van der Waals surface area contributed by atoms with Crippen molar-refractivity contribution in [2.75, 3.05) is 26.2 Å². The second kappa shape index (κ2) is 7.80. The van der Waals surface area contributed by atoms with Crippen LogP contribution in [0.1, 0.15) is 6.92 Å². The average Bonchev–Trinajstić information content (AvgIpc) is 2.45. The fourth-order valence-electron chi connectivity index (χ4n) is 2.10. The summed E-state index contributed by atoms with van der Waals surface area (Å²) in [5.74, 6) is 0.379. The number of carbonyl (C=O) groups excluding carboxylic acids is 1. The second-order valence-corrected chi connectivity index (χ2v) is 4.68. The van der Waals surface area contributed by atoms with E-state index < -0.39 is 4.92 Å². The summed E-state index contributed by atoms with van der Waals surface area (Å²) in [6, 6.07) is 5.84. The summed E-state index contributed by atoms with van der Waals surface area (Å²) in [6.45, 7) is 4.17. The van der Waals surface area contributed by atoms with Crippen LogP contribution in [0.25, 0.3) is 0 Å². The van der Waals surface area contributed by atoms with Gasteiger partial charge in [0.15, 0.2) is 6.61 Å². The molecule has 0 saturated carbocycles. The van der Waals surface area contributed by atoms with Gasteiger partial charge in [-0.1, -0.05) is 0 Å². The minimum atomic E-state index is -0.475. The van der Waals surface area contributed by atoms with Gasteiger partial charge in [0.2, 0.25) is 0 Å². The third kappa shape index (κ3) is 4.57. The molecule has 1 aliphatic heterocycles. The molecule has 1 aromatic carbocycles. The average molecular weight is 316 g/mol. The van der Waals surface area contributed by atoms with Crippen LogP contribution in [0.2, 0.25) is 0 Å². The SMILES string of the molecule is C[C@H]1CNCCN1C(=O)COc1ccc([N+](=O)[O-])cc1.Cl. The van der Waals surface area contributed by atoms with Crippen molar-refractivity contribution in [2.24, 2.45) is 0 Å². The van der Waals surface area contributed by atoms with Crippen LogP contribution in [0.4, 0.5) is 5.69 Å². The molecule has 0 aromatic heterocycles. The number of ether oxygens (including phenoxy) is 1. The van der Waals surface area contributed by atoms with E-state index >= 15 is 0 Å². The Bertz CT molecular complexity index is 495. The maximum absolute atomic E-state index is 12.0. The van der Waals surface area contributed by atoms with Gasteiger partial charge in [-0.15, -0.1) is 12.4 Å². The smallest absolute Gasteiger partial charge is 0.269 e. The molecule has 1 aromatic rings. The van der Waals surface area contributed by atoms with Gasteiger partial charge >= 0.3 is 0 Å². The lowest BCUT2D eigenvalue weighted by molar-refractivity contribution is -0.384. The first-order valence-electron chi connectivity index (χ1n) is 6.45. The van der Waals surface area contributed by atoms with Gasteiger partial charge in [-0.2, -0.15) is 0 Å². The van der Waals surface area contributed by atoms with Gasteiger partial charge in [0.1, 0.15) is 5.75 Å². The molecular weight excluding hydrogens is 298 g/mol. The van der Waals surface area contributed by atoms with E-state index in [1.807, 2.05) is 6.92 Å². The molecule has 8 heteroatoms. The molecule has 0 spiro atoms. The number of halogens is 1. The molecule has 0 radical (unpaired) electrons. The Labute approximate surface area is 128 Å². The van der Waals surface area contributed by atoms with Crippen LogP contribution >= 0.6 is 12.4 Å². The Balaban J connectivity index is 0.00000220. The number of rotatable bonds is 4. The van der Waals surface area contributed by atoms with Crippen molar-refractivity contribution in [3.05, 3.63) is 34.4 Å². The summed E-state index contributed by atoms with van der Waals surface area (Å²) in [5, 5.41) is 13.7. The molecule has 2 rings (SSSR count). The summed E-state index contributed by atoms with van der Waals surface area (Å²) in [5.41, 5.74) is -0.000552. The van der Waals surface area contributed by atoms with E-state index in [2.05, 4.69) is 5.32 Å². The number of amides is 1. The molecule has 0 unspecified atom stereocenters. The normalized spacial score (nSPS) is 17.8. The third-order valence-corrected chi connectivity index (χ3v) is 3.23. The van der Waals surface area contributed by atoms with Crippen molar-refractivity contribution in [1.29, 1.82) is 0 Å². The number of nitro groups is 1. The molecule has 1 fully saturated rings. The molecule has 1 atom stereocenters. The summed E-state index contributed by atoms with van der Waals surface area (Å²) in [4.78, 5) is 23.8. The van der Waals surface area contributed by atoms with Gasteiger partial charge in [0.05, 0.1) is 4.92 Å². The molecule has 7 nitrogen and oxygen atoms in total. The number of hydrogen-bond donors (Lipinski definition) is 1. The van der Waals surface area contributed by atoms with Crippen LogP contribution < -0.4 is 10.1 Å². The maximum Gasteiger partial charge on any atom is 0.269 e. The lowest BCUT2D eigenvalue weighted by atomic mass is 10.2. The molecule has 0 aliphatic carbocycles. The van der Waals surface area contributed by atoms with Crippen molar-refractivity contribution in [3.63, 3.8) is 0 Å². The largest absolute Gasteiger partial charge is 0.484 e. The number of hydrogen-bond acceptors (Lipinski definition) is 5. The molecule has 1 heterocycles. The van der Waals surface area contributed by atoms with Crippen molar-refractivity contribution < 1.29 is 14.5 Å². The summed E-state index contributed by atoms with van der Waals surface area (Å²) < 4.78 is 5.37. The first-order chi connectivity index (χ1) is 9.58. The Kier molecular flexibility index (Phi) is 6.39. The minimum absolute atomic E-state index is 0. The van der Waals surface area contributed by atoms with Crippen LogP contribution in [-0.4, -0.2) is 48.0 Å². The zero-order chi connectivity index (χ0) is 14.5. The van der Waals surface area contributed by atoms with E-state index in [4.69, 9.17) is 4.74 Å². The van der Waals surface area contributed by atoms with Gasteiger partial charge in [0, 0.05) is 37.8 Å². The highest BCUT2D eigenvalue weighted by molar-refractivity contribution is 5.85. The minimum Gasteiger partial charge on any atom is -0.484 e. The Hall–Kier alpha value is -1.86. The summed E-state index contributed by atoms with van der Waals surface area (Å²) in [6.07, 6.45) is 0. The zero-order valence-electron chi connectivity index (χ0n) is 11.7. The van der Waals surface area contributed by atoms with Gasteiger partial charge in [-0.05, 0) is 19.1 Å². The van der Waals surface area contributed by atoms with Crippen LogP contribution in [0.3, 0.4) is 0 Å². The number of nitro benzene ring substituents is 1. The van der Waals surface area contributed by atoms with Crippen LogP contribution in [0.5, 0.6) is 5.75 Å². The van der Waals surface area contributed by atoms with E-state index in [0.29, 0.717) is 12.3 Å². The van der Waals surface area contributed by atoms with Crippen molar-refractivity contribution in [1.82, 2.24) is 10.2 Å². The highest BCUT2D eigenvalue weighted by atomic mass is 35.5. The maximum atomic E-state index is 12.0. The Morgan fingerprint density at radius 2 is 2.14 bits per heavy atom. The van der Waals surface area contributed by atoms with E-state index in [1.54, 1.807) is 4.90 Å². The Morgan fingerprint density at radius 3 is 2.71 bits per heavy atom. The quantitative estimate of drug-likeness (QED) is 0.667. The first-order valence-corrected chi connectivity index (χ1v) is 6.45. The molecule has 1 amide bonds. The van der Waals surface area contributed by atoms with Crippen molar-refractivity contribution in [2.45, 2.75) is 13.0 Å². The lowest BCUT2D eigenvalue weighted by Gasteiger charge is -2.33. The molecule has 1 aliphatic rings. The topological polar surface area (TPSA) is 84.7 Å². The van der Waals surface area contributed by atoms with E-state index in [9.17, 15) is 14.9 Å². The van der Waals surface area contributed by atoms with Crippen LogP contribution in [0.15, 0.2) is 24.3 Å². The van der Waals surface area contributed by atoms with E-state index in [0.717, 1.165) is 13.1 Å². The number of benzene rings is 1. The molecule has 21 heavy (non-hydrogen) atoms. The second-order valence-electron chi connectivity index (χ2n) is 4.68.